The zero-order valence-electron chi connectivity index (χ0n) is 11.8. The van der Waals surface area contributed by atoms with Gasteiger partial charge in [0.25, 0.3) is 0 Å². The Labute approximate surface area is 115 Å². The minimum Gasteiger partial charge on any atom is -0.378 e. The average Bonchev–Trinajstić information content (AvgIpc) is 2.79. The first-order chi connectivity index (χ1) is 9.17. The molecule has 3 unspecified atom stereocenters. The molecule has 2 rings (SSSR count). The van der Waals surface area contributed by atoms with Gasteiger partial charge in [0, 0.05) is 32.7 Å². The van der Waals surface area contributed by atoms with Gasteiger partial charge in [0.2, 0.25) is 5.91 Å². The third kappa shape index (κ3) is 3.68. The maximum absolute atomic E-state index is 12.3. The zero-order chi connectivity index (χ0) is 13.7. The fraction of sp³-hybridized carbons (Fsp3) is 0.929. The monoisotopic (exact) mass is 270 g/mol. The number of carbonyl (C=O) groups excluding carboxylic acids is 1. The van der Waals surface area contributed by atoms with Crippen molar-refractivity contribution in [2.24, 2.45) is 11.7 Å². The highest BCUT2D eigenvalue weighted by molar-refractivity contribution is 5.79. The Morgan fingerprint density at radius 2 is 2.21 bits per heavy atom. The second kappa shape index (κ2) is 6.68. The molecule has 1 aliphatic heterocycles. The number of hydrogen-bond acceptors (Lipinski definition) is 4. The van der Waals surface area contributed by atoms with Crippen molar-refractivity contribution in [2.75, 3.05) is 26.9 Å². The van der Waals surface area contributed by atoms with Crippen LogP contribution in [0.4, 0.5) is 0 Å². The molecule has 5 nitrogen and oxygen atoms in total. The fourth-order valence-electron chi connectivity index (χ4n) is 3.00. The Hall–Kier alpha value is -0.650. The molecule has 110 valence electrons. The molecule has 1 heterocycles. The smallest absolute Gasteiger partial charge is 0.224 e. The first kappa shape index (κ1) is 14.8. The number of nitrogens with one attached hydrogen (secondary N) is 1. The van der Waals surface area contributed by atoms with Crippen LogP contribution in [0.2, 0.25) is 0 Å². The summed E-state index contributed by atoms with van der Waals surface area (Å²) in [6.07, 6.45) is 6.12. The molecule has 1 amide bonds. The van der Waals surface area contributed by atoms with Crippen molar-refractivity contribution < 1.29 is 14.3 Å². The molecule has 0 bridgehead atoms. The quantitative estimate of drug-likeness (QED) is 0.742. The molecule has 0 spiro atoms. The lowest BCUT2D eigenvalue weighted by molar-refractivity contribution is -0.127. The standard InChI is InChI=1S/C14H26N2O3/c1-18-14(7-8-19-10-14)9-16-13(17)11-5-3-2-4-6-12(11)15/h11-12H,2-10,15H2,1H3,(H,16,17). The van der Waals surface area contributed by atoms with Crippen LogP contribution in [0.3, 0.4) is 0 Å². The van der Waals surface area contributed by atoms with Crippen molar-refractivity contribution in [2.45, 2.75) is 50.2 Å². The van der Waals surface area contributed by atoms with Crippen molar-refractivity contribution in [3.8, 4) is 0 Å². The van der Waals surface area contributed by atoms with Crippen LogP contribution in [-0.2, 0) is 14.3 Å². The van der Waals surface area contributed by atoms with Gasteiger partial charge in [-0.2, -0.15) is 0 Å². The summed E-state index contributed by atoms with van der Waals surface area (Å²) in [4.78, 5) is 12.3. The number of amides is 1. The van der Waals surface area contributed by atoms with Crippen molar-refractivity contribution in [1.82, 2.24) is 5.32 Å². The largest absolute Gasteiger partial charge is 0.378 e. The lowest BCUT2D eigenvalue weighted by Crippen LogP contribution is -2.49. The van der Waals surface area contributed by atoms with Gasteiger partial charge in [0.05, 0.1) is 12.5 Å². The summed E-state index contributed by atoms with van der Waals surface area (Å²) >= 11 is 0. The van der Waals surface area contributed by atoms with Gasteiger partial charge < -0.3 is 20.5 Å². The summed E-state index contributed by atoms with van der Waals surface area (Å²) in [5, 5.41) is 3.02. The number of rotatable bonds is 4. The number of ether oxygens (including phenoxy) is 2. The maximum atomic E-state index is 12.3. The predicted molar refractivity (Wildman–Crippen MR) is 72.7 cm³/mol. The summed E-state index contributed by atoms with van der Waals surface area (Å²) in [6, 6.07) is 0.000762. The molecule has 19 heavy (non-hydrogen) atoms. The predicted octanol–water partition coefficient (Wildman–Crippen LogP) is 0.816. The lowest BCUT2D eigenvalue weighted by Gasteiger charge is -2.28. The van der Waals surface area contributed by atoms with Gasteiger partial charge in [0.15, 0.2) is 0 Å². The van der Waals surface area contributed by atoms with Gasteiger partial charge in [-0.1, -0.05) is 19.3 Å². The number of methoxy groups -OCH3 is 1. The fourth-order valence-corrected chi connectivity index (χ4v) is 3.00. The van der Waals surface area contributed by atoms with E-state index < -0.39 is 0 Å². The highest BCUT2D eigenvalue weighted by atomic mass is 16.5. The van der Waals surface area contributed by atoms with E-state index in [1.54, 1.807) is 7.11 Å². The van der Waals surface area contributed by atoms with Crippen LogP contribution in [-0.4, -0.2) is 44.4 Å². The Balaban J connectivity index is 1.85. The molecule has 2 fully saturated rings. The van der Waals surface area contributed by atoms with Gasteiger partial charge in [0.1, 0.15) is 5.60 Å². The van der Waals surface area contributed by atoms with E-state index in [1.807, 2.05) is 0 Å². The molecule has 5 heteroatoms. The normalized spacial score (nSPS) is 35.9. The van der Waals surface area contributed by atoms with Crippen LogP contribution in [0.25, 0.3) is 0 Å². The van der Waals surface area contributed by atoms with Crippen molar-refractivity contribution in [3.05, 3.63) is 0 Å². The molecule has 3 N–H and O–H groups in total. The molecule has 2 aliphatic rings. The summed E-state index contributed by atoms with van der Waals surface area (Å²) in [5.74, 6) is 0.0384. The second-order valence-electron chi connectivity index (χ2n) is 5.82. The van der Waals surface area contributed by atoms with E-state index >= 15 is 0 Å². The van der Waals surface area contributed by atoms with E-state index in [2.05, 4.69) is 5.32 Å². The highest BCUT2D eigenvalue weighted by Crippen LogP contribution is 2.24. The van der Waals surface area contributed by atoms with E-state index in [0.29, 0.717) is 19.8 Å². The molecule has 1 aliphatic carbocycles. The highest BCUT2D eigenvalue weighted by Gasteiger charge is 2.36. The van der Waals surface area contributed by atoms with Crippen LogP contribution in [0, 0.1) is 5.92 Å². The first-order valence-electron chi connectivity index (χ1n) is 7.33. The average molecular weight is 270 g/mol. The summed E-state index contributed by atoms with van der Waals surface area (Å²) in [5.41, 5.74) is 5.77. The van der Waals surface area contributed by atoms with Crippen molar-refractivity contribution in [3.63, 3.8) is 0 Å². The molecule has 0 aromatic heterocycles. The Kier molecular flexibility index (Phi) is 5.19. The molecule has 0 aromatic carbocycles. The summed E-state index contributed by atoms with van der Waals surface area (Å²) < 4.78 is 10.9. The van der Waals surface area contributed by atoms with Gasteiger partial charge in [-0.25, -0.2) is 0 Å². The van der Waals surface area contributed by atoms with Gasteiger partial charge in [-0.3, -0.25) is 4.79 Å². The van der Waals surface area contributed by atoms with Gasteiger partial charge in [-0.15, -0.1) is 0 Å². The second-order valence-corrected chi connectivity index (χ2v) is 5.82. The third-order valence-electron chi connectivity index (χ3n) is 4.49. The summed E-state index contributed by atoms with van der Waals surface area (Å²) in [7, 11) is 1.68. The van der Waals surface area contributed by atoms with E-state index in [-0.39, 0.29) is 23.5 Å². The Morgan fingerprint density at radius 1 is 1.42 bits per heavy atom. The Bertz CT molecular complexity index is 303. The minimum absolute atomic E-state index is 0.000762. The van der Waals surface area contributed by atoms with Crippen molar-refractivity contribution >= 4 is 5.91 Å². The third-order valence-corrected chi connectivity index (χ3v) is 4.49. The molecule has 0 aromatic rings. The lowest BCUT2D eigenvalue weighted by atomic mass is 9.94. The van der Waals surface area contributed by atoms with E-state index in [9.17, 15) is 4.79 Å². The SMILES string of the molecule is COC1(CNC(=O)C2CCCCCC2N)CCOC1. The van der Waals surface area contributed by atoms with Gasteiger partial charge >= 0.3 is 0 Å². The van der Waals surface area contributed by atoms with Crippen LogP contribution in [0.15, 0.2) is 0 Å². The van der Waals surface area contributed by atoms with E-state index in [4.69, 9.17) is 15.2 Å². The zero-order valence-corrected chi connectivity index (χ0v) is 11.8. The molecule has 1 saturated carbocycles. The topological polar surface area (TPSA) is 73.6 Å². The number of hydrogen-bond donors (Lipinski definition) is 2. The first-order valence-corrected chi connectivity index (χ1v) is 7.33. The summed E-state index contributed by atoms with van der Waals surface area (Å²) in [6.45, 7) is 1.78. The molecule has 1 saturated heterocycles. The number of carbonyl (C=O) groups is 1. The van der Waals surface area contributed by atoms with Crippen LogP contribution < -0.4 is 11.1 Å². The maximum Gasteiger partial charge on any atom is 0.224 e. The molecular formula is C14H26N2O3. The van der Waals surface area contributed by atoms with Crippen LogP contribution in [0.5, 0.6) is 0 Å². The number of nitrogens with two attached hydrogens (primary N) is 1. The van der Waals surface area contributed by atoms with E-state index in [1.165, 1.54) is 6.42 Å². The molecular weight excluding hydrogens is 244 g/mol. The molecule has 3 atom stereocenters. The van der Waals surface area contributed by atoms with Gasteiger partial charge in [-0.05, 0) is 12.8 Å². The van der Waals surface area contributed by atoms with Crippen LogP contribution in [0.1, 0.15) is 38.5 Å². The minimum atomic E-state index is -0.343. The van der Waals surface area contributed by atoms with E-state index in [0.717, 1.165) is 32.1 Å². The molecule has 0 radical (unpaired) electrons. The van der Waals surface area contributed by atoms with Crippen molar-refractivity contribution in [1.29, 1.82) is 0 Å². The van der Waals surface area contributed by atoms with Crippen LogP contribution >= 0.6 is 0 Å². The Morgan fingerprint density at radius 3 is 2.89 bits per heavy atom.